The monoisotopic (exact) mass is 322 g/mol. The Bertz CT molecular complexity index is 509. The Balaban J connectivity index is 1.94. The Labute approximate surface area is 136 Å². The molecule has 2 aromatic carbocycles. The fourth-order valence-electron chi connectivity index (χ4n) is 2.28. The van der Waals surface area contributed by atoms with Gasteiger partial charge in [-0.25, -0.2) is 0 Å². The first kappa shape index (κ1) is 16.2. The van der Waals surface area contributed by atoms with Crippen molar-refractivity contribution in [2.24, 2.45) is 5.41 Å². The predicted octanol–water partition coefficient (Wildman–Crippen LogP) is 5.16. The van der Waals surface area contributed by atoms with E-state index < -0.39 is 0 Å². The predicted molar refractivity (Wildman–Crippen MR) is 90.6 cm³/mol. The third kappa shape index (κ3) is 4.94. The molecule has 0 aliphatic carbocycles. The lowest BCUT2D eigenvalue weighted by molar-refractivity contribution is 0.232. The lowest BCUT2D eigenvalue weighted by Gasteiger charge is -2.29. The molecular weight excluding hydrogens is 303 g/mol. The molecule has 0 heterocycles. The standard InChI is InChI=1S/C18H20Cl2O/c19-14-18(15-20,13-16-7-3-1-4-8-16)11-12-21-17-9-5-2-6-10-17/h1-10H,11-15H2. The quantitative estimate of drug-likeness (QED) is 0.610. The molecule has 2 aromatic rings. The summed E-state index contributed by atoms with van der Waals surface area (Å²) in [4.78, 5) is 0. The van der Waals surface area contributed by atoms with E-state index in [1.54, 1.807) is 0 Å². The van der Waals surface area contributed by atoms with E-state index in [0.717, 1.165) is 18.6 Å². The van der Waals surface area contributed by atoms with Gasteiger partial charge in [0.1, 0.15) is 5.75 Å². The van der Waals surface area contributed by atoms with Crippen LogP contribution in [0.2, 0.25) is 0 Å². The van der Waals surface area contributed by atoms with Crippen molar-refractivity contribution in [3.63, 3.8) is 0 Å². The Hall–Kier alpha value is -1.18. The third-order valence-electron chi connectivity index (χ3n) is 3.63. The van der Waals surface area contributed by atoms with Crippen LogP contribution < -0.4 is 4.74 Å². The molecule has 2 rings (SSSR count). The van der Waals surface area contributed by atoms with Gasteiger partial charge in [0.25, 0.3) is 0 Å². The second-order valence-electron chi connectivity index (χ2n) is 5.34. The molecule has 0 N–H and O–H groups in total. The summed E-state index contributed by atoms with van der Waals surface area (Å²) in [5, 5.41) is 0. The van der Waals surface area contributed by atoms with Crippen LogP contribution >= 0.6 is 23.2 Å². The van der Waals surface area contributed by atoms with Gasteiger partial charge in [0.2, 0.25) is 0 Å². The number of alkyl halides is 2. The summed E-state index contributed by atoms with van der Waals surface area (Å²) in [7, 11) is 0. The van der Waals surface area contributed by atoms with E-state index in [0.29, 0.717) is 18.4 Å². The van der Waals surface area contributed by atoms with Gasteiger partial charge in [-0.15, -0.1) is 23.2 Å². The zero-order chi connectivity index (χ0) is 15.0. The van der Waals surface area contributed by atoms with Gasteiger partial charge in [0, 0.05) is 17.2 Å². The number of rotatable bonds is 8. The average Bonchev–Trinajstić information content (AvgIpc) is 2.56. The van der Waals surface area contributed by atoms with Crippen molar-refractivity contribution in [3.05, 3.63) is 66.2 Å². The van der Waals surface area contributed by atoms with Crippen molar-refractivity contribution in [3.8, 4) is 5.75 Å². The number of benzene rings is 2. The maximum atomic E-state index is 6.22. The number of para-hydroxylation sites is 1. The summed E-state index contributed by atoms with van der Waals surface area (Å²) in [5.74, 6) is 1.95. The lowest BCUT2D eigenvalue weighted by atomic mass is 9.82. The van der Waals surface area contributed by atoms with E-state index >= 15 is 0 Å². The van der Waals surface area contributed by atoms with Gasteiger partial charge in [0.15, 0.2) is 0 Å². The molecule has 0 radical (unpaired) electrons. The molecule has 0 fully saturated rings. The van der Waals surface area contributed by atoms with Crippen LogP contribution in [0.25, 0.3) is 0 Å². The van der Waals surface area contributed by atoms with Gasteiger partial charge >= 0.3 is 0 Å². The second kappa shape index (κ2) is 8.31. The molecule has 0 spiro atoms. The lowest BCUT2D eigenvalue weighted by Crippen LogP contribution is -2.30. The van der Waals surface area contributed by atoms with Crippen LogP contribution in [0.3, 0.4) is 0 Å². The van der Waals surface area contributed by atoms with Crippen LogP contribution in [0.1, 0.15) is 12.0 Å². The van der Waals surface area contributed by atoms with Gasteiger partial charge in [-0.1, -0.05) is 48.5 Å². The first-order valence-corrected chi connectivity index (χ1v) is 8.19. The van der Waals surface area contributed by atoms with E-state index in [4.69, 9.17) is 27.9 Å². The van der Waals surface area contributed by atoms with Crippen LogP contribution in [0.4, 0.5) is 0 Å². The van der Waals surface area contributed by atoms with Crippen molar-refractivity contribution in [2.75, 3.05) is 18.4 Å². The molecule has 0 aromatic heterocycles. The zero-order valence-corrected chi connectivity index (χ0v) is 13.5. The summed E-state index contributed by atoms with van der Waals surface area (Å²) in [5.41, 5.74) is 1.14. The van der Waals surface area contributed by atoms with Crippen molar-refractivity contribution in [2.45, 2.75) is 12.8 Å². The van der Waals surface area contributed by atoms with Crippen molar-refractivity contribution in [1.29, 1.82) is 0 Å². The SMILES string of the molecule is ClCC(CCl)(CCOc1ccccc1)Cc1ccccc1. The minimum absolute atomic E-state index is 0.126. The Morgan fingerprint density at radius 2 is 1.38 bits per heavy atom. The van der Waals surface area contributed by atoms with Gasteiger partial charge < -0.3 is 4.74 Å². The highest BCUT2D eigenvalue weighted by Crippen LogP contribution is 2.31. The molecule has 0 aliphatic rings. The van der Waals surface area contributed by atoms with E-state index in [9.17, 15) is 0 Å². The van der Waals surface area contributed by atoms with E-state index in [1.807, 2.05) is 48.5 Å². The molecule has 0 unspecified atom stereocenters. The molecule has 0 atom stereocenters. The van der Waals surface area contributed by atoms with Crippen molar-refractivity contribution >= 4 is 23.2 Å². The van der Waals surface area contributed by atoms with Gasteiger partial charge in [-0.05, 0) is 30.5 Å². The minimum atomic E-state index is -0.126. The molecule has 3 heteroatoms. The van der Waals surface area contributed by atoms with Gasteiger partial charge in [-0.3, -0.25) is 0 Å². The van der Waals surface area contributed by atoms with E-state index in [1.165, 1.54) is 5.56 Å². The first-order chi connectivity index (χ1) is 10.3. The van der Waals surface area contributed by atoms with E-state index in [2.05, 4.69) is 12.1 Å². The summed E-state index contributed by atoms with van der Waals surface area (Å²) in [6, 6.07) is 20.2. The molecule has 0 amide bonds. The molecule has 1 nitrogen and oxygen atoms in total. The van der Waals surface area contributed by atoms with Crippen molar-refractivity contribution < 1.29 is 4.74 Å². The highest BCUT2D eigenvalue weighted by atomic mass is 35.5. The minimum Gasteiger partial charge on any atom is -0.494 e. The molecular formula is C18H20Cl2O. The number of ether oxygens (including phenoxy) is 1. The summed E-state index contributed by atoms with van der Waals surface area (Å²) in [6.07, 6.45) is 1.71. The summed E-state index contributed by atoms with van der Waals surface area (Å²) in [6.45, 7) is 0.621. The molecule has 112 valence electrons. The van der Waals surface area contributed by atoms with Crippen LogP contribution in [-0.2, 0) is 6.42 Å². The normalized spacial score (nSPS) is 11.3. The smallest absolute Gasteiger partial charge is 0.119 e. The molecule has 0 bridgehead atoms. The summed E-state index contributed by atoms with van der Waals surface area (Å²) >= 11 is 12.4. The Morgan fingerprint density at radius 1 is 0.810 bits per heavy atom. The maximum Gasteiger partial charge on any atom is 0.119 e. The van der Waals surface area contributed by atoms with Crippen LogP contribution in [-0.4, -0.2) is 18.4 Å². The average molecular weight is 323 g/mol. The largest absolute Gasteiger partial charge is 0.494 e. The third-order valence-corrected chi connectivity index (χ3v) is 4.77. The number of hydrogen-bond donors (Lipinski definition) is 0. The molecule has 0 aliphatic heterocycles. The molecule has 0 saturated heterocycles. The van der Waals surface area contributed by atoms with Crippen LogP contribution in [0, 0.1) is 5.41 Å². The Morgan fingerprint density at radius 3 is 1.95 bits per heavy atom. The zero-order valence-electron chi connectivity index (χ0n) is 12.0. The van der Waals surface area contributed by atoms with Gasteiger partial charge in [0.05, 0.1) is 6.61 Å². The number of halogens is 2. The van der Waals surface area contributed by atoms with Crippen molar-refractivity contribution in [1.82, 2.24) is 0 Å². The highest BCUT2D eigenvalue weighted by molar-refractivity contribution is 6.21. The highest BCUT2D eigenvalue weighted by Gasteiger charge is 2.28. The molecule has 0 saturated carbocycles. The molecule has 21 heavy (non-hydrogen) atoms. The number of hydrogen-bond acceptors (Lipinski definition) is 1. The second-order valence-corrected chi connectivity index (χ2v) is 5.88. The summed E-state index contributed by atoms with van der Waals surface area (Å²) < 4.78 is 5.79. The maximum absolute atomic E-state index is 6.22. The topological polar surface area (TPSA) is 9.23 Å². The van der Waals surface area contributed by atoms with Crippen LogP contribution in [0.15, 0.2) is 60.7 Å². The van der Waals surface area contributed by atoms with Crippen LogP contribution in [0.5, 0.6) is 5.75 Å². The fraction of sp³-hybridized carbons (Fsp3) is 0.333. The Kier molecular flexibility index (Phi) is 6.41. The first-order valence-electron chi connectivity index (χ1n) is 7.12. The fourth-order valence-corrected chi connectivity index (χ4v) is 3.03. The van der Waals surface area contributed by atoms with E-state index in [-0.39, 0.29) is 5.41 Å². The van der Waals surface area contributed by atoms with Gasteiger partial charge in [-0.2, -0.15) is 0 Å².